The van der Waals surface area contributed by atoms with Crippen molar-refractivity contribution in [3.63, 3.8) is 0 Å². The van der Waals surface area contributed by atoms with Gasteiger partial charge in [0.25, 0.3) is 0 Å². The van der Waals surface area contributed by atoms with Crippen LogP contribution in [0.4, 0.5) is 0 Å². The molecule has 2 rings (SSSR count). The molecular formula is C12H13BrO3. The van der Waals surface area contributed by atoms with Gasteiger partial charge in [-0.05, 0) is 37.0 Å². The van der Waals surface area contributed by atoms with Crippen LogP contribution in [0, 0.1) is 6.92 Å². The van der Waals surface area contributed by atoms with Gasteiger partial charge in [0, 0.05) is 9.89 Å². The topological polar surface area (TPSA) is 57.5 Å². The van der Waals surface area contributed by atoms with Crippen LogP contribution in [0.2, 0.25) is 0 Å². The fraction of sp³-hybridized carbons (Fsp3) is 0.417. The summed E-state index contributed by atoms with van der Waals surface area (Å²) in [7, 11) is 0. The molecule has 0 aromatic heterocycles. The third kappa shape index (κ3) is 1.76. The fourth-order valence-electron chi connectivity index (χ4n) is 1.99. The summed E-state index contributed by atoms with van der Waals surface area (Å²) >= 11 is 3.42. The highest BCUT2D eigenvalue weighted by Gasteiger charge is 2.53. The molecule has 1 unspecified atom stereocenters. The SMILES string of the molecule is Cc1ccc(C2(C(O)C(=O)O)CC2)cc1Br. The summed E-state index contributed by atoms with van der Waals surface area (Å²) < 4.78 is 0.953. The zero-order chi connectivity index (χ0) is 11.9. The Hall–Kier alpha value is -0.870. The monoisotopic (exact) mass is 284 g/mol. The molecule has 0 saturated heterocycles. The van der Waals surface area contributed by atoms with Gasteiger partial charge < -0.3 is 10.2 Å². The molecule has 86 valence electrons. The van der Waals surface area contributed by atoms with Crippen LogP contribution in [0.5, 0.6) is 0 Å². The van der Waals surface area contributed by atoms with Crippen molar-refractivity contribution >= 4 is 21.9 Å². The number of carboxylic acids is 1. The van der Waals surface area contributed by atoms with Crippen molar-refractivity contribution in [2.24, 2.45) is 0 Å². The normalized spacial score (nSPS) is 19.2. The number of benzene rings is 1. The fourth-order valence-corrected chi connectivity index (χ4v) is 2.37. The van der Waals surface area contributed by atoms with Crippen LogP contribution in [0.1, 0.15) is 24.0 Å². The second-order valence-electron chi connectivity index (χ2n) is 4.36. The molecule has 0 spiro atoms. The van der Waals surface area contributed by atoms with E-state index >= 15 is 0 Å². The number of carbonyl (C=O) groups is 1. The summed E-state index contributed by atoms with van der Waals surface area (Å²) in [4.78, 5) is 10.8. The third-order valence-electron chi connectivity index (χ3n) is 3.29. The zero-order valence-electron chi connectivity index (χ0n) is 8.90. The van der Waals surface area contributed by atoms with E-state index in [1.54, 1.807) is 0 Å². The van der Waals surface area contributed by atoms with E-state index in [4.69, 9.17) is 5.11 Å². The lowest BCUT2D eigenvalue weighted by Gasteiger charge is -2.19. The van der Waals surface area contributed by atoms with E-state index in [-0.39, 0.29) is 0 Å². The number of rotatable bonds is 3. The molecule has 4 heteroatoms. The molecule has 1 saturated carbocycles. The summed E-state index contributed by atoms with van der Waals surface area (Å²) in [5, 5.41) is 18.6. The maximum Gasteiger partial charge on any atom is 0.333 e. The Bertz CT molecular complexity index is 438. The average molecular weight is 285 g/mol. The molecule has 0 heterocycles. The molecule has 2 N–H and O–H groups in total. The summed E-state index contributed by atoms with van der Waals surface area (Å²) in [6, 6.07) is 5.75. The zero-order valence-corrected chi connectivity index (χ0v) is 10.5. The summed E-state index contributed by atoms with van der Waals surface area (Å²) in [6.45, 7) is 1.97. The van der Waals surface area contributed by atoms with Gasteiger partial charge in [0.1, 0.15) is 0 Å². The van der Waals surface area contributed by atoms with E-state index in [2.05, 4.69) is 15.9 Å². The lowest BCUT2D eigenvalue weighted by Crippen LogP contribution is -2.33. The Kier molecular flexibility index (Phi) is 2.80. The Morgan fingerprint density at radius 1 is 1.50 bits per heavy atom. The highest BCUT2D eigenvalue weighted by atomic mass is 79.9. The lowest BCUT2D eigenvalue weighted by atomic mass is 9.89. The van der Waals surface area contributed by atoms with Gasteiger partial charge >= 0.3 is 5.97 Å². The number of hydrogen-bond acceptors (Lipinski definition) is 2. The number of aliphatic carboxylic acids is 1. The first-order valence-electron chi connectivity index (χ1n) is 5.15. The molecule has 1 atom stereocenters. The summed E-state index contributed by atoms with van der Waals surface area (Å²) in [6.07, 6.45) is 0.161. The third-order valence-corrected chi connectivity index (χ3v) is 4.15. The smallest absolute Gasteiger partial charge is 0.333 e. The minimum atomic E-state index is -1.30. The minimum Gasteiger partial charge on any atom is -0.479 e. The molecule has 1 fully saturated rings. The number of aliphatic hydroxyl groups excluding tert-OH is 1. The van der Waals surface area contributed by atoms with E-state index in [0.717, 1.165) is 28.4 Å². The Balaban J connectivity index is 2.37. The molecule has 1 aromatic rings. The highest BCUT2D eigenvalue weighted by molar-refractivity contribution is 9.10. The molecule has 16 heavy (non-hydrogen) atoms. The Labute approximate surface area is 102 Å². The van der Waals surface area contributed by atoms with Gasteiger partial charge in [0.15, 0.2) is 6.10 Å². The number of aryl methyl sites for hydroxylation is 1. The largest absolute Gasteiger partial charge is 0.479 e. The molecule has 1 aromatic carbocycles. The summed E-state index contributed by atoms with van der Waals surface area (Å²) in [5.41, 5.74) is 1.44. The number of halogens is 1. The number of carboxylic acid groups (broad SMARTS) is 1. The van der Waals surface area contributed by atoms with Crippen molar-refractivity contribution in [1.29, 1.82) is 0 Å². The van der Waals surface area contributed by atoms with Gasteiger partial charge in [-0.3, -0.25) is 0 Å². The molecule has 1 aliphatic rings. The maximum atomic E-state index is 10.8. The van der Waals surface area contributed by atoms with E-state index in [1.165, 1.54) is 0 Å². The van der Waals surface area contributed by atoms with Crippen molar-refractivity contribution in [2.75, 3.05) is 0 Å². The number of aliphatic hydroxyl groups is 1. The molecular weight excluding hydrogens is 272 g/mol. The minimum absolute atomic E-state index is 0.567. The van der Waals surface area contributed by atoms with E-state index in [0.29, 0.717) is 0 Å². The van der Waals surface area contributed by atoms with Gasteiger partial charge in [-0.2, -0.15) is 0 Å². The van der Waals surface area contributed by atoms with Crippen molar-refractivity contribution in [2.45, 2.75) is 31.3 Å². The van der Waals surface area contributed by atoms with E-state index < -0.39 is 17.5 Å². The summed E-state index contributed by atoms with van der Waals surface area (Å²) in [5.74, 6) is -1.14. The van der Waals surface area contributed by atoms with Crippen LogP contribution >= 0.6 is 15.9 Å². The lowest BCUT2D eigenvalue weighted by molar-refractivity contribution is -0.148. The Morgan fingerprint density at radius 2 is 2.12 bits per heavy atom. The van der Waals surface area contributed by atoms with Gasteiger partial charge in [-0.25, -0.2) is 4.79 Å². The number of hydrogen-bond donors (Lipinski definition) is 2. The van der Waals surface area contributed by atoms with Crippen LogP contribution < -0.4 is 0 Å². The second-order valence-corrected chi connectivity index (χ2v) is 5.22. The Morgan fingerprint density at radius 3 is 2.56 bits per heavy atom. The maximum absolute atomic E-state index is 10.8. The molecule has 0 amide bonds. The first-order chi connectivity index (χ1) is 7.47. The molecule has 0 radical (unpaired) electrons. The van der Waals surface area contributed by atoms with Gasteiger partial charge in [0.2, 0.25) is 0 Å². The van der Waals surface area contributed by atoms with Crippen molar-refractivity contribution in [3.05, 3.63) is 33.8 Å². The second kappa shape index (κ2) is 3.86. The predicted molar refractivity (Wildman–Crippen MR) is 63.4 cm³/mol. The predicted octanol–water partition coefficient (Wildman–Crippen LogP) is 2.23. The van der Waals surface area contributed by atoms with E-state index in [9.17, 15) is 9.90 Å². The van der Waals surface area contributed by atoms with Crippen molar-refractivity contribution in [3.8, 4) is 0 Å². The van der Waals surface area contributed by atoms with Crippen LogP contribution in [-0.2, 0) is 10.2 Å². The van der Waals surface area contributed by atoms with Crippen LogP contribution in [-0.4, -0.2) is 22.3 Å². The quantitative estimate of drug-likeness (QED) is 0.895. The molecule has 0 bridgehead atoms. The van der Waals surface area contributed by atoms with Gasteiger partial charge in [-0.15, -0.1) is 0 Å². The average Bonchev–Trinajstić information content (AvgIpc) is 3.02. The van der Waals surface area contributed by atoms with Crippen LogP contribution in [0.15, 0.2) is 22.7 Å². The highest BCUT2D eigenvalue weighted by Crippen LogP contribution is 2.51. The molecule has 1 aliphatic carbocycles. The molecule has 3 nitrogen and oxygen atoms in total. The standard InChI is InChI=1S/C12H13BrO3/c1-7-2-3-8(6-9(7)13)12(4-5-12)10(14)11(15)16/h2-3,6,10,14H,4-5H2,1H3,(H,15,16). The van der Waals surface area contributed by atoms with Gasteiger partial charge in [0.05, 0.1) is 0 Å². The molecule has 0 aliphatic heterocycles. The van der Waals surface area contributed by atoms with Crippen LogP contribution in [0.3, 0.4) is 0 Å². The van der Waals surface area contributed by atoms with Crippen molar-refractivity contribution < 1.29 is 15.0 Å². The van der Waals surface area contributed by atoms with Crippen LogP contribution in [0.25, 0.3) is 0 Å². The van der Waals surface area contributed by atoms with Crippen molar-refractivity contribution in [1.82, 2.24) is 0 Å². The van der Waals surface area contributed by atoms with E-state index in [1.807, 2.05) is 25.1 Å². The van der Waals surface area contributed by atoms with Gasteiger partial charge in [-0.1, -0.05) is 28.1 Å². The first-order valence-corrected chi connectivity index (χ1v) is 5.94. The first kappa shape index (κ1) is 11.6.